The molecule has 0 aromatic carbocycles. The smallest absolute Gasteiger partial charge is 0.411 e. The lowest BCUT2D eigenvalue weighted by Gasteiger charge is -2.46. The van der Waals surface area contributed by atoms with Crippen LogP contribution in [0.2, 0.25) is 0 Å². The van der Waals surface area contributed by atoms with Crippen LogP contribution < -0.4 is 0 Å². The molecule has 0 aromatic rings. The lowest BCUT2D eigenvalue weighted by atomic mass is 9.71. The van der Waals surface area contributed by atoms with Crippen LogP contribution in [0.5, 0.6) is 0 Å². The van der Waals surface area contributed by atoms with E-state index in [1.54, 1.807) is 12.0 Å². The number of nitrogens with zero attached hydrogens (tertiary/aromatic N) is 1. The van der Waals surface area contributed by atoms with Gasteiger partial charge in [-0.1, -0.05) is 0 Å². The summed E-state index contributed by atoms with van der Waals surface area (Å²) in [6.45, 7) is 0.596. The topological polar surface area (TPSA) is 96.3 Å². The molecule has 21 heavy (non-hydrogen) atoms. The summed E-state index contributed by atoms with van der Waals surface area (Å²) < 4.78 is 21.3. The van der Waals surface area contributed by atoms with E-state index in [0.29, 0.717) is 24.8 Å². The molecule has 4 atom stereocenters. The second-order valence-electron chi connectivity index (χ2n) is 6.09. The molecule has 122 valence electrons. The van der Waals surface area contributed by atoms with Crippen LogP contribution in [0, 0.1) is 17.8 Å². The summed E-state index contributed by atoms with van der Waals surface area (Å²) >= 11 is 0. The van der Waals surface area contributed by atoms with Gasteiger partial charge >= 0.3 is 13.7 Å². The Morgan fingerprint density at radius 3 is 2.52 bits per heavy atom. The van der Waals surface area contributed by atoms with Crippen LogP contribution in [0.1, 0.15) is 25.7 Å². The first-order chi connectivity index (χ1) is 9.84. The first-order valence-corrected chi connectivity index (χ1v) is 9.05. The van der Waals surface area contributed by atoms with Gasteiger partial charge in [-0.25, -0.2) is 4.79 Å². The fourth-order valence-electron chi connectivity index (χ4n) is 3.74. The van der Waals surface area contributed by atoms with Crippen LogP contribution in [0.25, 0.3) is 0 Å². The van der Waals surface area contributed by atoms with Gasteiger partial charge < -0.3 is 19.3 Å². The standard InChI is InChI=1S/C13H24NO6P/c1-19-12-6-11-5-9(8-21(16,17)18)3-4-10(11)7-14(12)13(15)20-2/h9-12H,3-8H2,1-2H3,(H2,16,17,18). The highest BCUT2D eigenvalue weighted by molar-refractivity contribution is 7.51. The van der Waals surface area contributed by atoms with Gasteiger partial charge in [0.25, 0.3) is 0 Å². The third-order valence-electron chi connectivity index (χ3n) is 4.71. The Hall–Kier alpha value is -0.620. The zero-order valence-electron chi connectivity index (χ0n) is 12.5. The number of ether oxygens (including phenoxy) is 2. The molecule has 0 bridgehead atoms. The molecule has 0 radical (unpaired) electrons. The van der Waals surface area contributed by atoms with Crippen molar-refractivity contribution in [3.05, 3.63) is 0 Å². The van der Waals surface area contributed by atoms with E-state index in [-0.39, 0.29) is 24.4 Å². The minimum absolute atomic E-state index is 0.0332. The van der Waals surface area contributed by atoms with Crippen molar-refractivity contribution in [2.24, 2.45) is 17.8 Å². The Bertz CT molecular complexity index is 425. The number of amides is 1. The van der Waals surface area contributed by atoms with E-state index >= 15 is 0 Å². The van der Waals surface area contributed by atoms with Crippen LogP contribution in [-0.2, 0) is 14.0 Å². The van der Waals surface area contributed by atoms with E-state index in [2.05, 4.69) is 0 Å². The van der Waals surface area contributed by atoms with Gasteiger partial charge in [-0.05, 0) is 43.4 Å². The fraction of sp³-hybridized carbons (Fsp3) is 0.923. The molecule has 1 saturated heterocycles. The average molecular weight is 321 g/mol. The number of fused-ring (bicyclic) bond motifs is 1. The molecule has 2 N–H and O–H groups in total. The SMILES string of the molecule is COC(=O)N1CC2CCC(CP(=O)(O)O)CC2CC1OC. The molecular formula is C13H24NO6P. The Balaban J connectivity index is 2.00. The van der Waals surface area contributed by atoms with Crippen LogP contribution in [0.4, 0.5) is 4.79 Å². The summed E-state index contributed by atoms with van der Waals surface area (Å²) in [5.41, 5.74) is 0. The van der Waals surface area contributed by atoms with E-state index < -0.39 is 7.60 Å². The first kappa shape index (κ1) is 16.7. The normalized spacial score (nSPS) is 33.4. The molecule has 1 amide bonds. The van der Waals surface area contributed by atoms with Crippen molar-refractivity contribution < 1.29 is 28.6 Å². The minimum atomic E-state index is -3.95. The summed E-state index contributed by atoms with van der Waals surface area (Å²) in [7, 11) is -1.03. The van der Waals surface area contributed by atoms with Crippen molar-refractivity contribution in [2.75, 3.05) is 26.9 Å². The van der Waals surface area contributed by atoms with Gasteiger partial charge in [0.15, 0.2) is 0 Å². The zero-order valence-corrected chi connectivity index (χ0v) is 13.4. The Morgan fingerprint density at radius 2 is 1.95 bits per heavy atom. The Morgan fingerprint density at radius 1 is 1.24 bits per heavy atom. The molecular weight excluding hydrogens is 297 g/mol. The van der Waals surface area contributed by atoms with Gasteiger partial charge in [0.2, 0.25) is 0 Å². The van der Waals surface area contributed by atoms with Crippen molar-refractivity contribution >= 4 is 13.7 Å². The Labute approximate surface area is 124 Å². The number of methoxy groups -OCH3 is 2. The highest BCUT2D eigenvalue weighted by atomic mass is 31.2. The monoisotopic (exact) mass is 321 g/mol. The lowest BCUT2D eigenvalue weighted by Crippen LogP contribution is -2.52. The quantitative estimate of drug-likeness (QED) is 0.767. The van der Waals surface area contributed by atoms with Crippen molar-refractivity contribution in [1.82, 2.24) is 4.90 Å². The van der Waals surface area contributed by atoms with E-state index in [0.717, 1.165) is 19.3 Å². The maximum absolute atomic E-state index is 11.8. The zero-order chi connectivity index (χ0) is 15.6. The third-order valence-corrected chi connectivity index (χ3v) is 5.70. The summed E-state index contributed by atoms with van der Waals surface area (Å²) in [4.78, 5) is 31.7. The Kier molecular flexibility index (Phi) is 5.30. The van der Waals surface area contributed by atoms with Gasteiger partial charge in [0.1, 0.15) is 6.23 Å². The molecule has 8 heteroatoms. The molecule has 7 nitrogen and oxygen atoms in total. The molecule has 2 rings (SSSR count). The van der Waals surface area contributed by atoms with Gasteiger partial charge in [0, 0.05) is 13.7 Å². The molecule has 1 aliphatic heterocycles. The molecule has 2 fully saturated rings. The summed E-state index contributed by atoms with van der Waals surface area (Å²) in [6, 6.07) is 0. The predicted octanol–water partition coefficient (Wildman–Crippen LogP) is 1.64. The number of likely N-dealkylation sites (tertiary alicyclic amines) is 1. The molecule has 0 spiro atoms. The molecule has 4 unspecified atom stereocenters. The minimum Gasteiger partial charge on any atom is -0.453 e. The molecule has 0 aromatic heterocycles. The molecule has 1 heterocycles. The van der Waals surface area contributed by atoms with Crippen molar-refractivity contribution in [3.8, 4) is 0 Å². The van der Waals surface area contributed by atoms with Crippen LogP contribution in [0.15, 0.2) is 0 Å². The second kappa shape index (κ2) is 6.65. The lowest BCUT2D eigenvalue weighted by molar-refractivity contribution is -0.0883. The van der Waals surface area contributed by atoms with Gasteiger partial charge in [-0.15, -0.1) is 0 Å². The molecule has 1 aliphatic carbocycles. The number of carbonyl (C=O) groups excluding carboxylic acids is 1. The second-order valence-corrected chi connectivity index (χ2v) is 7.79. The summed E-state index contributed by atoms with van der Waals surface area (Å²) in [5.74, 6) is 0.777. The maximum atomic E-state index is 11.8. The van der Waals surface area contributed by atoms with Crippen molar-refractivity contribution in [2.45, 2.75) is 31.9 Å². The summed E-state index contributed by atoms with van der Waals surface area (Å²) in [5, 5.41) is 0. The first-order valence-electron chi connectivity index (χ1n) is 7.26. The third kappa shape index (κ3) is 4.19. The highest BCUT2D eigenvalue weighted by Gasteiger charge is 2.42. The number of carbonyl (C=O) groups is 1. The average Bonchev–Trinajstić information content (AvgIpc) is 2.43. The predicted molar refractivity (Wildman–Crippen MR) is 75.8 cm³/mol. The maximum Gasteiger partial charge on any atom is 0.411 e. The number of hydrogen-bond donors (Lipinski definition) is 2. The van der Waals surface area contributed by atoms with Gasteiger partial charge in [0.05, 0.1) is 13.3 Å². The molecule has 2 aliphatic rings. The number of hydrogen-bond acceptors (Lipinski definition) is 4. The number of rotatable bonds is 3. The van der Waals surface area contributed by atoms with Crippen molar-refractivity contribution in [1.29, 1.82) is 0 Å². The number of piperidine rings is 1. The van der Waals surface area contributed by atoms with Crippen molar-refractivity contribution in [3.63, 3.8) is 0 Å². The van der Waals surface area contributed by atoms with E-state index in [4.69, 9.17) is 19.3 Å². The van der Waals surface area contributed by atoms with Crippen LogP contribution >= 0.6 is 7.60 Å². The molecule has 1 saturated carbocycles. The van der Waals surface area contributed by atoms with E-state index in [1.165, 1.54) is 7.11 Å². The summed E-state index contributed by atoms with van der Waals surface area (Å²) in [6.07, 6.45) is 2.47. The fourth-order valence-corrected chi connectivity index (χ4v) is 4.75. The van der Waals surface area contributed by atoms with Gasteiger partial charge in [-0.3, -0.25) is 9.46 Å². The van der Waals surface area contributed by atoms with Crippen LogP contribution in [-0.4, -0.2) is 53.9 Å². The van der Waals surface area contributed by atoms with E-state index in [9.17, 15) is 9.36 Å². The van der Waals surface area contributed by atoms with E-state index in [1.807, 2.05) is 0 Å². The van der Waals surface area contributed by atoms with Gasteiger partial charge in [-0.2, -0.15) is 0 Å². The van der Waals surface area contributed by atoms with Crippen LogP contribution in [0.3, 0.4) is 0 Å². The largest absolute Gasteiger partial charge is 0.453 e. The highest BCUT2D eigenvalue weighted by Crippen LogP contribution is 2.46.